The van der Waals surface area contributed by atoms with Gasteiger partial charge in [-0.15, -0.1) is 0 Å². The van der Waals surface area contributed by atoms with Gasteiger partial charge >= 0.3 is 0 Å². The lowest BCUT2D eigenvalue weighted by Gasteiger charge is -2.09. The molecule has 0 bridgehead atoms. The highest BCUT2D eigenvalue weighted by atomic mass is 16.2. The zero-order valence-corrected chi connectivity index (χ0v) is 15.5. The number of hydrogen-bond donors (Lipinski definition) is 2. The first-order valence-corrected chi connectivity index (χ1v) is 8.79. The van der Waals surface area contributed by atoms with Crippen LogP contribution in [-0.4, -0.2) is 18.0 Å². The summed E-state index contributed by atoms with van der Waals surface area (Å²) in [6.07, 6.45) is 2.09. The van der Waals surface area contributed by atoms with Crippen LogP contribution in [0.15, 0.2) is 53.6 Å². The van der Waals surface area contributed by atoms with Gasteiger partial charge in [-0.25, -0.2) is 5.43 Å². The van der Waals surface area contributed by atoms with Crippen molar-refractivity contribution in [2.45, 2.75) is 39.5 Å². The third kappa shape index (κ3) is 5.84. The zero-order chi connectivity index (χ0) is 18.9. The Hall–Kier alpha value is -2.95. The lowest BCUT2D eigenvalue weighted by molar-refractivity contribution is -0.126. The summed E-state index contributed by atoms with van der Waals surface area (Å²) in [6, 6.07) is 15.5. The molecule has 0 spiro atoms. The van der Waals surface area contributed by atoms with E-state index >= 15 is 0 Å². The van der Waals surface area contributed by atoms with Crippen LogP contribution in [-0.2, 0) is 16.0 Å². The molecule has 5 heteroatoms. The summed E-state index contributed by atoms with van der Waals surface area (Å²) < 4.78 is 0. The quantitative estimate of drug-likeness (QED) is 0.452. The van der Waals surface area contributed by atoms with Gasteiger partial charge in [0.25, 0.3) is 0 Å². The third-order valence-corrected chi connectivity index (χ3v) is 4.00. The molecule has 0 aliphatic rings. The van der Waals surface area contributed by atoms with Crippen molar-refractivity contribution < 1.29 is 9.59 Å². The number of aryl methyl sites for hydroxylation is 1. The fourth-order valence-electron chi connectivity index (χ4n) is 2.48. The molecular formula is C21H25N3O2. The fraction of sp³-hybridized carbons (Fsp3) is 0.286. The normalized spacial score (nSPS) is 10.9. The summed E-state index contributed by atoms with van der Waals surface area (Å²) in [5, 5.41) is 6.67. The smallest absolute Gasteiger partial charge is 0.249 e. The van der Waals surface area contributed by atoms with Gasteiger partial charge in [-0.3, -0.25) is 9.59 Å². The van der Waals surface area contributed by atoms with Gasteiger partial charge in [0.05, 0.1) is 6.21 Å². The summed E-state index contributed by atoms with van der Waals surface area (Å²) in [4.78, 5) is 23.8. The third-order valence-electron chi connectivity index (χ3n) is 4.00. The van der Waals surface area contributed by atoms with Crippen molar-refractivity contribution in [2.75, 3.05) is 5.32 Å². The summed E-state index contributed by atoms with van der Waals surface area (Å²) in [5.41, 5.74) is 6.28. The molecule has 0 unspecified atom stereocenters. The summed E-state index contributed by atoms with van der Waals surface area (Å²) in [7, 11) is 0. The van der Waals surface area contributed by atoms with Gasteiger partial charge in [0.2, 0.25) is 11.8 Å². The number of rotatable bonds is 7. The highest BCUT2D eigenvalue weighted by molar-refractivity contribution is 6.04. The molecule has 0 aromatic heterocycles. The molecule has 0 heterocycles. The van der Waals surface area contributed by atoms with Crippen LogP contribution >= 0.6 is 0 Å². The minimum atomic E-state index is -0.452. The average molecular weight is 351 g/mol. The zero-order valence-electron chi connectivity index (χ0n) is 15.5. The molecule has 2 aromatic rings. The van der Waals surface area contributed by atoms with E-state index in [2.05, 4.69) is 29.7 Å². The van der Waals surface area contributed by atoms with Crippen LogP contribution in [0.25, 0.3) is 0 Å². The number of carbonyl (C=O) groups is 2. The Morgan fingerprint density at radius 3 is 2.38 bits per heavy atom. The van der Waals surface area contributed by atoms with Crippen molar-refractivity contribution in [3.8, 4) is 0 Å². The van der Waals surface area contributed by atoms with Gasteiger partial charge in [0.1, 0.15) is 6.42 Å². The first-order valence-electron chi connectivity index (χ1n) is 8.79. The SMILES string of the molecule is CCc1ccccc1NC(=O)CC(=O)NN=Cc1ccc(C(C)C)cc1. The van der Waals surface area contributed by atoms with Crippen LogP contribution in [0, 0.1) is 0 Å². The molecular weight excluding hydrogens is 326 g/mol. The number of nitrogens with one attached hydrogen (secondary N) is 2. The van der Waals surface area contributed by atoms with E-state index in [0.717, 1.165) is 23.2 Å². The van der Waals surface area contributed by atoms with E-state index in [1.807, 2.05) is 55.5 Å². The highest BCUT2D eigenvalue weighted by Crippen LogP contribution is 2.15. The number of hydrogen-bond acceptors (Lipinski definition) is 3. The second-order valence-corrected chi connectivity index (χ2v) is 6.35. The Morgan fingerprint density at radius 2 is 1.73 bits per heavy atom. The number of nitrogens with zero attached hydrogens (tertiary/aromatic N) is 1. The average Bonchev–Trinajstić information content (AvgIpc) is 2.62. The second-order valence-electron chi connectivity index (χ2n) is 6.35. The maximum Gasteiger partial charge on any atom is 0.249 e. The van der Waals surface area contributed by atoms with Crippen molar-refractivity contribution >= 4 is 23.7 Å². The van der Waals surface area contributed by atoms with Crippen LogP contribution in [0.5, 0.6) is 0 Å². The molecule has 0 aliphatic heterocycles. The summed E-state index contributed by atoms with van der Waals surface area (Å²) >= 11 is 0. The standard InChI is InChI=1S/C21H25N3O2/c1-4-17-7-5-6-8-19(17)23-20(25)13-21(26)24-22-14-16-9-11-18(12-10-16)15(2)3/h5-12,14-15H,4,13H2,1-3H3,(H,23,25)(H,24,26). The molecule has 0 radical (unpaired) electrons. The molecule has 5 nitrogen and oxygen atoms in total. The molecule has 136 valence electrons. The predicted molar refractivity (Wildman–Crippen MR) is 105 cm³/mol. The Labute approximate surface area is 154 Å². The van der Waals surface area contributed by atoms with Gasteiger partial charge in [-0.1, -0.05) is 63.2 Å². The van der Waals surface area contributed by atoms with Gasteiger partial charge in [0.15, 0.2) is 0 Å². The van der Waals surface area contributed by atoms with E-state index in [9.17, 15) is 9.59 Å². The van der Waals surface area contributed by atoms with E-state index < -0.39 is 5.91 Å². The summed E-state index contributed by atoms with van der Waals surface area (Å²) in [5.74, 6) is -0.344. The lowest BCUT2D eigenvalue weighted by Crippen LogP contribution is -2.25. The molecule has 0 fully saturated rings. The molecule has 2 N–H and O–H groups in total. The first-order chi connectivity index (χ1) is 12.5. The summed E-state index contributed by atoms with van der Waals surface area (Å²) in [6.45, 7) is 6.28. The van der Waals surface area contributed by atoms with E-state index in [1.165, 1.54) is 5.56 Å². The minimum absolute atomic E-state index is 0.276. The number of anilines is 1. The molecule has 26 heavy (non-hydrogen) atoms. The minimum Gasteiger partial charge on any atom is -0.325 e. The molecule has 2 amide bonds. The Kier molecular flexibility index (Phi) is 7.09. The van der Waals surface area contributed by atoms with Gasteiger partial charge in [-0.05, 0) is 35.1 Å². The molecule has 2 aromatic carbocycles. The van der Waals surface area contributed by atoms with E-state index in [1.54, 1.807) is 6.21 Å². The van der Waals surface area contributed by atoms with Gasteiger partial charge in [0, 0.05) is 5.69 Å². The topological polar surface area (TPSA) is 70.6 Å². The van der Waals surface area contributed by atoms with Gasteiger partial charge in [-0.2, -0.15) is 5.10 Å². The molecule has 0 saturated heterocycles. The fourth-order valence-corrected chi connectivity index (χ4v) is 2.48. The van der Waals surface area contributed by atoms with Crippen LogP contribution in [0.3, 0.4) is 0 Å². The van der Waals surface area contributed by atoms with E-state index in [0.29, 0.717) is 5.92 Å². The predicted octanol–water partition coefficient (Wildman–Crippen LogP) is 3.85. The molecule has 0 aliphatic carbocycles. The number of hydrazone groups is 1. The van der Waals surface area contributed by atoms with Crippen LogP contribution in [0.1, 0.15) is 49.8 Å². The monoisotopic (exact) mass is 351 g/mol. The maximum atomic E-state index is 12.0. The van der Waals surface area contributed by atoms with Crippen molar-refractivity contribution in [2.24, 2.45) is 5.10 Å². The number of carbonyl (C=O) groups excluding carboxylic acids is 2. The molecule has 2 rings (SSSR count). The Balaban J connectivity index is 1.83. The van der Waals surface area contributed by atoms with Crippen molar-refractivity contribution in [3.63, 3.8) is 0 Å². The van der Waals surface area contributed by atoms with Crippen molar-refractivity contribution in [1.29, 1.82) is 0 Å². The second kappa shape index (κ2) is 9.51. The van der Waals surface area contributed by atoms with Crippen LogP contribution in [0.4, 0.5) is 5.69 Å². The highest BCUT2D eigenvalue weighted by Gasteiger charge is 2.10. The van der Waals surface area contributed by atoms with Crippen LogP contribution < -0.4 is 10.7 Å². The van der Waals surface area contributed by atoms with Gasteiger partial charge < -0.3 is 5.32 Å². The number of benzene rings is 2. The maximum absolute atomic E-state index is 12.0. The molecule has 0 atom stereocenters. The van der Waals surface area contributed by atoms with Crippen molar-refractivity contribution in [3.05, 3.63) is 65.2 Å². The van der Waals surface area contributed by atoms with E-state index in [4.69, 9.17) is 0 Å². The largest absolute Gasteiger partial charge is 0.325 e. The van der Waals surface area contributed by atoms with Crippen LogP contribution in [0.2, 0.25) is 0 Å². The van der Waals surface area contributed by atoms with Crippen molar-refractivity contribution in [1.82, 2.24) is 5.43 Å². The Bertz CT molecular complexity index is 780. The van der Waals surface area contributed by atoms with E-state index in [-0.39, 0.29) is 12.3 Å². The number of amides is 2. The lowest BCUT2D eigenvalue weighted by atomic mass is 10.0. The number of para-hydroxylation sites is 1. The Morgan fingerprint density at radius 1 is 1.04 bits per heavy atom. The molecule has 0 saturated carbocycles. The first kappa shape index (κ1) is 19.4.